The van der Waals surface area contributed by atoms with Crippen LogP contribution in [0.15, 0.2) is 4.90 Å². The lowest BCUT2D eigenvalue weighted by Crippen LogP contribution is -2.25. The molecule has 0 bridgehead atoms. The Hall–Kier alpha value is -1.08. The van der Waals surface area contributed by atoms with Crippen molar-refractivity contribution in [1.29, 1.82) is 0 Å². The summed E-state index contributed by atoms with van der Waals surface area (Å²) in [4.78, 5) is 11.5. The van der Waals surface area contributed by atoms with Crippen LogP contribution in [0.4, 0.5) is 0 Å². The number of aryl methyl sites for hydroxylation is 1. The molecule has 1 rings (SSSR count). The Labute approximate surface area is 104 Å². The Bertz CT molecular complexity index is 510. The highest BCUT2D eigenvalue weighted by Gasteiger charge is 2.27. The van der Waals surface area contributed by atoms with E-state index in [4.69, 9.17) is 10.7 Å². The molecule has 0 unspecified atom stereocenters. The van der Waals surface area contributed by atoms with Gasteiger partial charge in [-0.25, -0.2) is 8.42 Å². The average molecular weight is 280 g/mol. The first-order chi connectivity index (χ1) is 7.91. The van der Waals surface area contributed by atoms with Gasteiger partial charge in [-0.2, -0.15) is 5.10 Å². The van der Waals surface area contributed by atoms with Crippen LogP contribution in [0.1, 0.15) is 36.5 Å². The first kappa shape index (κ1) is 14.0. The second-order valence-corrected chi connectivity index (χ2v) is 5.93. The zero-order chi connectivity index (χ0) is 13.1. The van der Waals surface area contributed by atoms with Gasteiger partial charge in [0.05, 0.1) is 5.69 Å². The fourth-order valence-corrected chi connectivity index (χ4v) is 2.70. The summed E-state index contributed by atoms with van der Waals surface area (Å²) in [5.74, 6) is -0.540. The van der Waals surface area contributed by atoms with Crippen molar-refractivity contribution in [2.45, 2.75) is 31.6 Å². The number of hydrogen-bond acceptors (Lipinski definition) is 4. The number of amides is 1. The zero-order valence-electron chi connectivity index (χ0n) is 9.58. The minimum Gasteiger partial charge on any atom is -0.351 e. The van der Waals surface area contributed by atoms with E-state index in [0.29, 0.717) is 18.7 Å². The van der Waals surface area contributed by atoms with Crippen LogP contribution in [0.5, 0.6) is 0 Å². The van der Waals surface area contributed by atoms with Gasteiger partial charge in [0, 0.05) is 17.2 Å². The molecule has 17 heavy (non-hydrogen) atoms. The van der Waals surface area contributed by atoms with E-state index in [9.17, 15) is 13.2 Å². The van der Waals surface area contributed by atoms with Crippen molar-refractivity contribution in [3.63, 3.8) is 0 Å². The smallest absolute Gasteiger partial charge is 0.273 e. The zero-order valence-corrected chi connectivity index (χ0v) is 11.2. The van der Waals surface area contributed by atoms with Gasteiger partial charge in [0.25, 0.3) is 15.0 Å². The molecule has 0 aliphatic rings. The Morgan fingerprint density at radius 3 is 2.59 bits per heavy atom. The number of rotatable bonds is 5. The first-order valence-electron chi connectivity index (χ1n) is 5.21. The summed E-state index contributed by atoms with van der Waals surface area (Å²) in [6.45, 7) is 4.09. The lowest BCUT2D eigenvalue weighted by Gasteiger charge is -2.02. The highest BCUT2D eigenvalue weighted by molar-refractivity contribution is 8.13. The van der Waals surface area contributed by atoms with Gasteiger partial charge in [0.2, 0.25) is 0 Å². The number of nitrogens with zero attached hydrogens (tertiary/aromatic N) is 1. The Kier molecular flexibility index (Phi) is 4.53. The summed E-state index contributed by atoms with van der Waals surface area (Å²) in [5.41, 5.74) is 0.159. The van der Waals surface area contributed by atoms with Crippen LogP contribution < -0.4 is 5.32 Å². The van der Waals surface area contributed by atoms with E-state index in [1.807, 2.05) is 6.92 Å². The molecule has 0 atom stereocenters. The molecule has 2 N–H and O–H groups in total. The molecule has 0 spiro atoms. The summed E-state index contributed by atoms with van der Waals surface area (Å²) < 4.78 is 22.8. The molecule has 1 heterocycles. The van der Waals surface area contributed by atoms with Gasteiger partial charge < -0.3 is 5.32 Å². The van der Waals surface area contributed by atoms with E-state index >= 15 is 0 Å². The third-order valence-corrected chi connectivity index (χ3v) is 3.53. The molecule has 0 radical (unpaired) electrons. The molecule has 1 amide bonds. The second kappa shape index (κ2) is 5.50. The van der Waals surface area contributed by atoms with Crippen LogP contribution in [-0.2, 0) is 15.5 Å². The lowest BCUT2D eigenvalue weighted by atomic mass is 10.3. The second-order valence-electron chi connectivity index (χ2n) is 3.43. The highest BCUT2D eigenvalue weighted by atomic mass is 35.7. The summed E-state index contributed by atoms with van der Waals surface area (Å²) in [7, 11) is 1.31. The van der Waals surface area contributed by atoms with E-state index in [2.05, 4.69) is 15.5 Å². The maximum Gasteiger partial charge on any atom is 0.273 e. The maximum atomic E-state index is 11.7. The molecular weight excluding hydrogens is 266 g/mol. The van der Waals surface area contributed by atoms with Crippen molar-refractivity contribution < 1.29 is 13.2 Å². The number of halogens is 1. The monoisotopic (exact) mass is 279 g/mol. The average Bonchev–Trinajstić information content (AvgIpc) is 2.69. The minimum absolute atomic E-state index is 0.176. The molecule has 0 fully saturated rings. The van der Waals surface area contributed by atoms with Crippen LogP contribution in [0, 0.1) is 0 Å². The number of nitrogens with one attached hydrogen (secondary N) is 2. The fourth-order valence-electron chi connectivity index (χ4n) is 1.35. The summed E-state index contributed by atoms with van der Waals surface area (Å²) in [6.07, 6.45) is 1.15. The van der Waals surface area contributed by atoms with Gasteiger partial charge in [-0.1, -0.05) is 13.8 Å². The number of carbonyl (C=O) groups excluding carboxylic acids is 1. The Balaban J connectivity index is 3.17. The number of hydrogen-bond donors (Lipinski definition) is 2. The predicted octanol–water partition coefficient (Wildman–Crippen LogP) is 1.04. The van der Waals surface area contributed by atoms with Gasteiger partial charge in [-0.15, -0.1) is 0 Å². The Morgan fingerprint density at radius 2 is 2.12 bits per heavy atom. The molecular formula is C9H14ClN3O3S. The summed E-state index contributed by atoms with van der Waals surface area (Å²) in [6, 6.07) is 0. The molecule has 6 nitrogen and oxygen atoms in total. The molecule has 0 saturated carbocycles. The number of H-pyrrole nitrogens is 1. The topological polar surface area (TPSA) is 91.9 Å². The van der Waals surface area contributed by atoms with Gasteiger partial charge in [-0.3, -0.25) is 9.89 Å². The van der Waals surface area contributed by atoms with Crippen LogP contribution in [-0.4, -0.2) is 31.1 Å². The van der Waals surface area contributed by atoms with Gasteiger partial charge in [-0.05, 0) is 12.8 Å². The van der Waals surface area contributed by atoms with Crippen LogP contribution in [0.25, 0.3) is 0 Å². The van der Waals surface area contributed by atoms with Crippen molar-refractivity contribution in [2.75, 3.05) is 6.54 Å². The minimum atomic E-state index is -3.99. The van der Waals surface area contributed by atoms with Crippen molar-refractivity contribution in [3.8, 4) is 0 Å². The third-order valence-electron chi connectivity index (χ3n) is 2.14. The molecule has 96 valence electrons. The van der Waals surface area contributed by atoms with Gasteiger partial charge in [0.15, 0.2) is 5.69 Å². The number of carbonyl (C=O) groups is 1. The SMILES string of the molecule is CCCNC(=O)c1n[nH]c(CC)c1S(=O)(=O)Cl. The predicted molar refractivity (Wildman–Crippen MR) is 63.6 cm³/mol. The van der Waals surface area contributed by atoms with Crippen LogP contribution >= 0.6 is 10.7 Å². The molecule has 1 aromatic rings. The number of aromatic amines is 1. The van der Waals surface area contributed by atoms with E-state index in [-0.39, 0.29) is 10.6 Å². The van der Waals surface area contributed by atoms with Crippen molar-refractivity contribution in [2.24, 2.45) is 0 Å². The molecule has 8 heteroatoms. The molecule has 1 aromatic heterocycles. The molecule has 0 saturated heterocycles. The largest absolute Gasteiger partial charge is 0.351 e. The first-order valence-corrected chi connectivity index (χ1v) is 7.52. The standard InChI is InChI=1S/C9H14ClN3O3S/c1-3-5-11-9(14)7-8(17(10,15)16)6(4-2)12-13-7/h3-5H2,1-2H3,(H,11,14)(H,12,13). The molecule has 0 aliphatic carbocycles. The highest BCUT2D eigenvalue weighted by Crippen LogP contribution is 2.22. The third kappa shape index (κ3) is 3.19. The van der Waals surface area contributed by atoms with Crippen molar-refractivity contribution in [1.82, 2.24) is 15.5 Å². The van der Waals surface area contributed by atoms with Crippen molar-refractivity contribution >= 4 is 25.6 Å². The number of aromatic nitrogens is 2. The van der Waals surface area contributed by atoms with Crippen molar-refractivity contribution in [3.05, 3.63) is 11.4 Å². The summed E-state index contributed by atoms with van der Waals surface area (Å²) >= 11 is 0. The quantitative estimate of drug-likeness (QED) is 0.788. The van der Waals surface area contributed by atoms with Gasteiger partial charge in [0.1, 0.15) is 4.90 Å². The molecule has 0 aromatic carbocycles. The van der Waals surface area contributed by atoms with Crippen LogP contribution in [0.3, 0.4) is 0 Å². The lowest BCUT2D eigenvalue weighted by molar-refractivity contribution is 0.0945. The summed E-state index contributed by atoms with van der Waals surface area (Å²) in [5, 5.41) is 8.77. The van der Waals surface area contributed by atoms with E-state index in [1.165, 1.54) is 0 Å². The maximum absolute atomic E-state index is 11.7. The Morgan fingerprint density at radius 1 is 1.47 bits per heavy atom. The van der Waals surface area contributed by atoms with Gasteiger partial charge >= 0.3 is 0 Å². The van der Waals surface area contributed by atoms with E-state index in [0.717, 1.165) is 6.42 Å². The van der Waals surface area contributed by atoms with E-state index < -0.39 is 15.0 Å². The van der Waals surface area contributed by atoms with E-state index in [1.54, 1.807) is 6.92 Å². The fraction of sp³-hybridized carbons (Fsp3) is 0.556. The van der Waals surface area contributed by atoms with Crippen LogP contribution in [0.2, 0.25) is 0 Å². The normalized spacial score (nSPS) is 11.5. The molecule has 0 aliphatic heterocycles.